The molecule has 1 heterocycles. The maximum Gasteiger partial charge on any atom is 0.337 e. The van der Waals surface area contributed by atoms with Gasteiger partial charge in [0.1, 0.15) is 0 Å². The van der Waals surface area contributed by atoms with E-state index in [-0.39, 0.29) is 18.2 Å². The van der Waals surface area contributed by atoms with Crippen LogP contribution in [-0.4, -0.2) is 46.8 Å². The van der Waals surface area contributed by atoms with Gasteiger partial charge < -0.3 is 20.4 Å². The van der Waals surface area contributed by atoms with E-state index in [1.54, 1.807) is 0 Å². The van der Waals surface area contributed by atoms with E-state index in [1.165, 1.54) is 4.90 Å². The number of anilines is 1. The number of hydrogen-bond donors (Lipinski definition) is 3. The summed E-state index contributed by atoms with van der Waals surface area (Å²) in [5, 5.41) is 20.2. The number of aliphatic hydroxyl groups excluding tert-OH is 1. The second-order valence-corrected chi connectivity index (χ2v) is 4.83. The van der Waals surface area contributed by atoms with Crippen LogP contribution in [0.3, 0.4) is 0 Å². The standard InChI is InChI=1S/C13H14F2N2O4/c14-9-3-8(12(19)20)11(4-10(9)15)16-13(21)17-2-1-7(5-17)6-18/h3-4,7,18H,1-2,5-6H2,(H,16,21)(H,19,20). The number of carbonyl (C=O) groups is 2. The average molecular weight is 300 g/mol. The van der Waals surface area contributed by atoms with Crippen molar-refractivity contribution in [3.63, 3.8) is 0 Å². The molecule has 2 rings (SSSR count). The van der Waals surface area contributed by atoms with Gasteiger partial charge in [0.15, 0.2) is 11.6 Å². The zero-order chi connectivity index (χ0) is 15.6. The van der Waals surface area contributed by atoms with Crippen molar-refractivity contribution >= 4 is 17.7 Å². The van der Waals surface area contributed by atoms with Crippen molar-refractivity contribution in [2.24, 2.45) is 5.92 Å². The Hall–Kier alpha value is -2.22. The molecule has 1 unspecified atom stereocenters. The molecule has 0 aromatic heterocycles. The van der Waals surface area contributed by atoms with Crippen LogP contribution in [0.15, 0.2) is 12.1 Å². The normalized spacial score (nSPS) is 17.9. The molecule has 8 heteroatoms. The molecule has 6 nitrogen and oxygen atoms in total. The summed E-state index contributed by atoms with van der Waals surface area (Å²) in [5.74, 6) is -4.05. The van der Waals surface area contributed by atoms with E-state index in [4.69, 9.17) is 10.2 Å². The number of halogens is 2. The van der Waals surface area contributed by atoms with Crippen molar-refractivity contribution in [2.75, 3.05) is 25.0 Å². The smallest absolute Gasteiger partial charge is 0.337 e. The highest BCUT2D eigenvalue weighted by molar-refractivity contribution is 6.00. The molecule has 1 aromatic carbocycles. The lowest BCUT2D eigenvalue weighted by Crippen LogP contribution is -2.33. The highest BCUT2D eigenvalue weighted by Gasteiger charge is 2.27. The van der Waals surface area contributed by atoms with E-state index >= 15 is 0 Å². The highest BCUT2D eigenvalue weighted by Crippen LogP contribution is 2.22. The first kappa shape index (κ1) is 15.2. The van der Waals surface area contributed by atoms with Crippen LogP contribution < -0.4 is 5.32 Å². The van der Waals surface area contributed by atoms with Gasteiger partial charge in [-0.1, -0.05) is 0 Å². The van der Waals surface area contributed by atoms with Gasteiger partial charge in [0, 0.05) is 31.7 Å². The molecular formula is C13H14F2N2O4. The van der Waals surface area contributed by atoms with Crippen molar-refractivity contribution in [3.8, 4) is 0 Å². The van der Waals surface area contributed by atoms with Gasteiger partial charge in [0.25, 0.3) is 0 Å². The summed E-state index contributed by atoms with van der Waals surface area (Å²) in [6, 6.07) is 0.545. The van der Waals surface area contributed by atoms with Crippen LogP contribution >= 0.6 is 0 Å². The van der Waals surface area contributed by atoms with Crippen molar-refractivity contribution < 1.29 is 28.6 Å². The molecule has 21 heavy (non-hydrogen) atoms. The predicted octanol–water partition coefficient (Wildman–Crippen LogP) is 1.51. The minimum absolute atomic E-state index is 0.0281. The molecule has 0 aliphatic carbocycles. The minimum atomic E-state index is -1.47. The summed E-state index contributed by atoms with van der Waals surface area (Å²) < 4.78 is 26.3. The first-order valence-corrected chi connectivity index (χ1v) is 6.31. The van der Waals surface area contributed by atoms with Gasteiger partial charge in [-0.3, -0.25) is 0 Å². The minimum Gasteiger partial charge on any atom is -0.478 e. The second kappa shape index (κ2) is 6.04. The quantitative estimate of drug-likeness (QED) is 0.789. The molecule has 1 aliphatic heterocycles. The van der Waals surface area contributed by atoms with Crippen LogP contribution in [0.5, 0.6) is 0 Å². The first-order chi connectivity index (χ1) is 9.92. The highest BCUT2D eigenvalue weighted by atomic mass is 19.2. The van der Waals surface area contributed by atoms with Gasteiger partial charge in [-0.15, -0.1) is 0 Å². The molecule has 0 bridgehead atoms. The Labute approximate surface area is 119 Å². The summed E-state index contributed by atoms with van der Waals surface area (Å²) in [7, 11) is 0. The van der Waals surface area contributed by atoms with Gasteiger partial charge in [0.2, 0.25) is 0 Å². The fourth-order valence-corrected chi connectivity index (χ4v) is 2.19. The molecule has 0 saturated carbocycles. The third kappa shape index (κ3) is 3.27. The number of amides is 2. The lowest BCUT2D eigenvalue weighted by Gasteiger charge is -2.18. The Kier molecular flexibility index (Phi) is 4.37. The van der Waals surface area contributed by atoms with Crippen LogP contribution in [0.4, 0.5) is 19.3 Å². The Morgan fingerprint density at radius 1 is 1.33 bits per heavy atom. The lowest BCUT2D eigenvalue weighted by atomic mass is 10.1. The van der Waals surface area contributed by atoms with Crippen LogP contribution in [0.2, 0.25) is 0 Å². The number of carboxylic acid groups (broad SMARTS) is 1. The molecule has 0 spiro atoms. The summed E-state index contributed by atoms with van der Waals surface area (Å²) in [6.07, 6.45) is 0.632. The van der Waals surface area contributed by atoms with Gasteiger partial charge in [-0.2, -0.15) is 0 Å². The third-order valence-electron chi connectivity index (χ3n) is 3.36. The molecular weight excluding hydrogens is 286 g/mol. The molecule has 1 atom stereocenters. The molecule has 0 radical (unpaired) electrons. The number of aromatic carboxylic acids is 1. The number of aliphatic hydroxyl groups is 1. The van der Waals surface area contributed by atoms with E-state index in [1.807, 2.05) is 0 Å². The maximum absolute atomic E-state index is 13.2. The van der Waals surface area contributed by atoms with Crippen molar-refractivity contribution in [1.82, 2.24) is 4.90 Å². The Bertz CT molecular complexity index is 580. The number of nitrogens with zero attached hydrogens (tertiary/aromatic N) is 1. The summed E-state index contributed by atoms with van der Waals surface area (Å²) >= 11 is 0. The van der Waals surface area contributed by atoms with Crippen LogP contribution in [-0.2, 0) is 0 Å². The molecule has 1 saturated heterocycles. The molecule has 1 aliphatic rings. The van der Waals surface area contributed by atoms with Gasteiger partial charge >= 0.3 is 12.0 Å². The van der Waals surface area contributed by atoms with Gasteiger partial charge in [-0.25, -0.2) is 18.4 Å². The molecule has 1 aromatic rings. The van der Waals surface area contributed by atoms with Crippen LogP contribution in [0.1, 0.15) is 16.8 Å². The fourth-order valence-electron chi connectivity index (χ4n) is 2.19. The number of carbonyl (C=O) groups excluding carboxylic acids is 1. The third-order valence-corrected chi connectivity index (χ3v) is 3.36. The molecule has 2 amide bonds. The zero-order valence-corrected chi connectivity index (χ0v) is 11.0. The Balaban J connectivity index is 2.17. The van der Waals surface area contributed by atoms with Gasteiger partial charge in [-0.05, 0) is 12.5 Å². The first-order valence-electron chi connectivity index (χ1n) is 6.31. The Morgan fingerprint density at radius 2 is 2.00 bits per heavy atom. The molecule has 1 fully saturated rings. The van der Waals surface area contributed by atoms with Crippen molar-refractivity contribution in [2.45, 2.75) is 6.42 Å². The SMILES string of the molecule is O=C(O)c1cc(F)c(F)cc1NC(=O)N1CCC(CO)C1. The summed E-state index contributed by atoms with van der Waals surface area (Å²) in [4.78, 5) is 24.4. The summed E-state index contributed by atoms with van der Waals surface area (Å²) in [6.45, 7) is 0.687. The van der Waals surface area contributed by atoms with E-state index in [2.05, 4.69) is 5.32 Å². The fraction of sp³-hybridized carbons (Fsp3) is 0.385. The number of hydrogen-bond acceptors (Lipinski definition) is 3. The van der Waals surface area contributed by atoms with E-state index < -0.39 is 29.2 Å². The number of urea groups is 1. The monoisotopic (exact) mass is 300 g/mol. The number of carboxylic acids is 1. The van der Waals surface area contributed by atoms with Crippen molar-refractivity contribution in [3.05, 3.63) is 29.3 Å². The van der Waals surface area contributed by atoms with E-state index in [0.717, 1.165) is 0 Å². The Morgan fingerprint density at radius 3 is 2.57 bits per heavy atom. The number of nitrogens with one attached hydrogen (secondary N) is 1. The number of rotatable bonds is 3. The largest absolute Gasteiger partial charge is 0.478 e. The van der Waals surface area contributed by atoms with Crippen LogP contribution in [0, 0.1) is 17.6 Å². The topological polar surface area (TPSA) is 89.9 Å². The molecule has 3 N–H and O–H groups in total. The number of likely N-dealkylation sites (tertiary alicyclic amines) is 1. The number of benzene rings is 1. The zero-order valence-electron chi connectivity index (χ0n) is 11.0. The summed E-state index contributed by atoms with van der Waals surface area (Å²) in [5.41, 5.74) is -0.834. The van der Waals surface area contributed by atoms with Crippen molar-refractivity contribution in [1.29, 1.82) is 0 Å². The van der Waals surface area contributed by atoms with E-state index in [9.17, 15) is 18.4 Å². The average Bonchev–Trinajstić information content (AvgIpc) is 2.91. The van der Waals surface area contributed by atoms with E-state index in [0.29, 0.717) is 31.6 Å². The van der Waals surface area contributed by atoms with Crippen LogP contribution in [0.25, 0.3) is 0 Å². The second-order valence-electron chi connectivity index (χ2n) is 4.83. The van der Waals surface area contributed by atoms with Gasteiger partial charge in [0.05, 0.1) is 11.3 Å². The molecule has 114 valence electrons. The lowest BCUT2D eigenvalue weighted by molar-refractivity contribution is 0.0697. The predicted molar refractivity (Wildman–Crippen MR) is 69.1 cm³/mol. The maximum atomic E-state index is 13.2.